The summed E-state index contributed by atoms with van der Waals surface area (Å²) < 4.78 is 19.8. The first-order chi connectivity index (χ1) is 12.8. The Hall–Kier alpha value is -2.35. The zero-order chi connectivity index (χ0) is 17.9. The van der Waals surface area contributed by atoms with Crippen LogP contribution in [0.2, 0.25) is 0 Å². The van der Waals surface area contributed by atoms with Crippen molar-refractivity contribution >= 4 is 27.4 Å². The molecule has 1 aliphatic heterocycles. The van der Waals surface area contributed by atoms with E-state index in [2.05, 4.69) is 30.9 Å². The standard InChI is InChI=1S/C18H20FN5OS/c1-2-14-15(19)17(22-10-20-14)25-9-12-3-6-24(7-4-12)16-13-5-8-26-18(13)23-11-21-16/h5,8,10-12H,2-4,6-7,9H2,1H3. The van der Waals surface area contributed by atoms with Crippen LogP contribution in [0, 0.1) is 11.7 Å². The summed E-state index contributed by atoms with van der Waals surface area (Å²) in [5.74, 6) is 1.01. The first kappa shape index (κ1) is 17.1. The molecule has 0 saturated carbocycles. The van der Waals surface area contributed by atoms with Gasteiger partial charge in [-0.15, -0.1) is 11.3 Å². The highest BCUT2D eigenvalue weighted by Crippen LogP contribution is 2.30. The predicted octanol–water partition coefficient (Wildman–Crippen LogP) is 3.48. The molecule has 1 fully saturated rings. The van der Waals surface area contributed by atoms with Gasteiger partial charge in [0.1, 0.15) is 23.3 Å². The molecule has 0 amide bonds. The van der Waals surface area contributed by atoms with Crippen LogP contribution in [-0.4, -0.2) is 39.6 Å². The highest BCUT2D eigenvalue weighted by atomic mass is 32.1. The lowest BCUT2D eigenvalue weighted by molar-refractivity contribution is 0.206. The van der Waals surface area contributed by atoms with Crippen molar-refractivity contribution < 1.29 is 9.13 Å². The second-order valence-corrected chi connectivity index (χ2v) is 7.27. The van der Waals surface area contributed by atoms with Crippen LogP contribution in [0.15, 0.2) is 24.1 Å². The molecule has 1 aliphatic rings. The third kappa shape index (κ3) is 3.33. The Labute approximate surface area is 155 Å². The van der Waals surface area contributed by atoms with Crippen LogP contribution in [0.1, 0.15) is 25.5 Å². The van der Waals surface area contributed by atoms with Crippen molar-refractivity contribution in [3.05, 3.63) is 35.6 Å². The van der Waals surface area contributed by atoms with Gasteiger partial charge in [0.2, 0.25) is 5.82 Å². The molecule has 0 spiro atoms. The van der Waals surface area contributed by atoms with E-state index >= 15 is 0 Å². The van der Waals surface area contributed by atoms with E-state index in [0.29, 0.717) is 24.6 Å². The molecule has 0 aliphatic carbocycles. The largest absolute Gasteiger partial charge is 0.475 e. The Morgan fingerprint density at radius 3 is 2.81 bits per heavy atom. The summed E-state index contributed by atoms with van der Waals surface area (Å²) >= 11 is 1.63. The lowest BCUT2D eigenvalue weighted by Crippen LogP contribution is -2.36. The number of anilines is 1. The van der Waals surface area contributed by atoms with Gasteiger partial charge in [0.25, 0.3) is 5.88 Å². The Bertz CT molecular complexity index is 894. The third-order valence-electron chi connectivity index (χ3n) is 4.78. The van der Waals surface area contributed by atoms with Crippen LogP contribution < -0.4 is 9.64 Å². The Kier molecular flexibility index (Phi) is 4.92. The van der Waals surface area contributed by atoms with Crippen LogP contribution in [0.5, 0.6) is 5.88 Å². The first-order valence-electron chi connectivity index (χ1n) is 8.81. The van der Waals surface area contributed by atoms with Gasteiger partial charge in [-0.3, -0.25) is 0 Å². The van der Waals surface area contributed by atoms with Gasteiger partial charge in [0, 0.05) is 13.1 Å². The van der Waals surface area contributed by atoms with E-state index in [-0.39, 0.29) is 5.88 Å². The number of ether oxygens (including phenoxy) is 1. The number of hydrogen-bond acceptors (Lipinski definition) is 7. The Morgan fingerprint density at radius 2 is 2.00 bits per heavy atom. The Balaban J connectivity index is 1.36. The van der Waals surface area contributed by atoms with E-state index in [4.69, 9.17) is 4.74 Å². The van der Waals surface area contributed by atoms with Gasteiger partial charge in [0.15, 0.2) is 0 Å². The smallest absolute Gasteiger partial charge is 0.253 e. The Morgan fingerprint density at radius 1 is 1.19 bits per heavy atom. The lowest BCUT2D eigenvalue weighted by atomic mass is 9.97. The average Bonchev–Trinajstić information content (AvgIpc) is 3.16. The van der Waals surface area contributed by atoms with E-state index in [1.54, 1.807) is 17.7 Å². The molecule has 0 bridgehead atoms. The van der Waals surface area contributed by atoms with Gasteiger partial charge < -0.3 is 9.64 Å². The second kappa shape index (κ2) is 7.49. The second-order valence-electron chi connectivity index (χ2n) is 6.37. The van der Waals surface area contributed by atoms with Crippen LogP contribution in [0.4, 0.5) is 10.2 Å². The first-order valence-corrected chi connectivity index (χ1v) is 9.69. The summed E-state index contributed by atoms with van der Waals surface area (Å²) in [5, 5.41) is 3.16. The van der Waals surface area contributed by atoms with Gasteiger partial charge in [-0.25, -0.2) is 15.0 Å². The molecule has 0 aromatic carbocycles. The number of halogens is 1. The minimum Gasteiger partial charge on any atom is -0.475 e. The zero-order valence-electron chi connectivity index (χ0n) is 14.6. The maximum Gasteiger partial charge on any atom is 0.253 e. The number of hydrogen-bond donors (Lipinski definition) is 0. The molecule has 0 radical (unpaired) electrons. The quantitative estimate of drug-likeness (QED) is 0.682. The number of rotatable bonds is 5. The van der Waals surface area contributed by atoms with E-state index in [0.717, 1.165) is 42.0 Å². The highest BCUT2D eigenvalue weighted by Gasteiger charge is 2.23. The van der Waals surface area contributed by atoms with E-state index in [1.165, 1.54) is 6.33 Å². The minimum atomic E-state index is -0.437. The molecule has 26 heavy (non-hydrogen) atoms. The molecule has 4 heterocycles. The average molecular weight is 373 g/mol. The molecule has 0 N–H and O–H groups in total. The fourth-order valence-corrected chi connectivity index (χ4v) is 4.00. The highest BCUT2D eigenvalue weighted by molar-refractivity contribution is 7.16. The number of thiophene rings is 1. The molecule has 136 valence electrons. The van der Waals surface area contributed by atoms with Crippen molar-refractivity contribution in [2.24, 2.45) is 5.92 Å². The maximum absolute atomic E-state index is 14.2. The number of piperidine rings is 1. The van der Waals surface area contributed by atoms with Crippen molar-refractivity contribution in [3.8, 4) is 5.88 Å². The topological polar surface area (TPSA) is 64.0 Å². The molecule has 6 nitrogen and oxygen atoms in total. The summed E-state index contributed by atoms with van der Waals surface area (Å²) in [6.07, 6.45) is 5.47. The van der Waals surface area contributed by atoms with Crippen LogP contribution in [0.25, 0.3) is 10.2 Å². The molecule has 0 atom stereocenters. The maximum atomic E-state index is 14.2. The molecular formula is C18H20FN5OS. The van der Waals surface area contributed by atoms with Crippen molar-refractivity contribution in [2.75, 3.05) is 24.6 Å². The molecule has 3 aromatic rings. The van der Waals surface area contributed by atoms with Gasteiger partial charge in [-0.1, -0.05) is 6.92 Å². The summed E-state index contributed by atoms with van der Waals surface area (Å²) in [6, 6.07) is 2.08. The molecule has 0 unspecified atom stereocenters. The molecule has 4 rings (SSSR count). The number of aromatic nitrogens is 4. The van der Waals surface area contributed by atoms with Gasteiger partial charge >= 0.3 is 0 Å². The monoisotopic (exact) mass is 373 g/mol. The van der Waals surface area contributed by atoms with E-state index in [1.807, 2.05) is 12.3 Å². The summed E-state index contributed by atoms with van der Waals surface area (Å²) in [5.41, 5.74) is 0.397. The normalized spacial score (nSPS) is 15.5. The number of nitrogens with zero attached hydrogens (tertiary/aromatic N) is 5. The predicted molar refractivity (Wildman–Crippen MR) is 99.2 cm³/mol. The molecule has 1 saturated heterocycles. The fraction of sp³-hybridized carbons (Fsp3) is 0.444. The van der Waals surface area contributed by atoms with Crippen molar-refractivity contribution in [3.63, 3.8) is 0 Å². The summed E-state index contributed by atoms with van der Waals surface area (Å²) in [6.45, 7) is 4.15. The lowest BCUT2D eigenvalue weighted by Gasteiger charge is -2.32. The minimum absolute atomic E-state index is 0.0649. The molecular weight excluding hydrogens is 353 g/mol. The van der Waals surface area contributed by atoms with Gasteiger partial charge in [0.05, 0.1) is 17.7 Å². The van der Waals surface area contributed by atoms with Crippen LogP contribution >= 0.6 is 11.3 Å². The number of fused-ring (bicyclic) bond motifs is 1. The fourth-order valence-electron chi connectivity index (χ4n) is 3.27. The zero-order valence-corrected chi connectivity index (χ0v) is 15.4. The molecule has 3 aromatic heterocycles. The number of aryl methyl sites for hydroxylation is 1. The van der Waals surface area contributed by atoms with Crippen molar-refractivity contribution in [1.82, 2.24) is 19.9 Å². The summed E-state index contributed by atoms with van der Waals surface area (Å²) in [7, 11) is 0. The molecule has 8 heteroatoms. The van der Waals surface area contributed by atoms with Gasteiger partial charge in [-0.05, 0) is 36.6 Å². The van der Waals surface area contributed by atoms with Crippen molar-refractivity contribution in [2.45, 2.75) is 26.2 Å². The van der Waals surface area contributed by atoms with Crippen LogP contribution in [0.3, 0.4) is 0 Å². The van der Waals surface area contributed by atoms with Crippen LogP contribution in [-0.2, 0) is 6.42 Å². The van der Waals surface area contributed by atoms with Gasteiger partial charge in [-0.2, -0.15) is 9.37 Å². The summed E-state index contributed by atoms with van der Waals surface area (Å²) in [4.78, 5) is 20.0. The van der Waals surface area contributed by atoms with E-state index in [9.17, 15) is 4.39 Å². The SMILES string of the molecule is CCc1ncnc(OCC2CCN(c3ncnc4sccc34)CC2)c1F. The third-order valence-corrected chi connectivity index (χ3v) is 5.60. The van der Waals surface area contributed by atoms with Crippen molar-refractivity contribution in [1.29, 1.82) is 0 Å². The van der Waals surface area contributed by atoms with E-state index < -0.39 is 5.82 Å².